The summed E-state index contributed by atoms with van der Waals surface area (Å²) >= 11 is 0. The fourth-order valence-electron chi connectivity index (χ4n) is 4.31. The minimum Gasteiger partial charge on any atom is -0.493 e. The van der Waals surface area contributed by atoms with E-state index in [1.54, 1.807) is 7.11 Å². The quantitative estimate of drug-likeness (QED) is 0.522. The van der Waals surface area contributed by atoms with Gasteiger partial charge in [0, 0.05) is 31.0 Å². The first-order valence-corrected chi connectivity index (χ1v) is 10.9. The molecule has 1 unspecified atom stereocenters. The van der Waals surface area contributed by atoms with Gasteiger partial charge in [-0.25, -0.2) is 4.98 Å². The highest BCUT2D eigenvalue weighted by molar-refractivity contribution is 5.81. The smallest absolute Gasteiger partial charge is 0.223 e. The number of carbonyl (C=O) groups excluding carboxylic acids is 1. The van der Waals surface area contributed by atoms with Gasteiger partial charge in [-0.05, 0) is 51.5 Å². The number of carbonyl (C=O) groups is 1. The predicted octanol–water partition coefficient (Wildman–Crippen LogP) is 4.63. The average Bonchev–Trinajstić information content (AvgIpc) is 3.32. The van der Waals surface area contributed by atoms with E-state index in [0.29, 0.717) is 19.6 Å². The van der Waals surface area contributed by atoms with Gasteiger partial charge in [0.25, 0.3) is 0 Å². The first kappa shape index (κ1) is 21.2. The summed E-state index contributed by atoms with van der Waals surface area (Å²) in [6.07, 6.45) is 1.34. The number of imidazole rings is 1. The highest BCUT2D eigenvalue weighted by atomic mass is 16.5. The number of nitrogens with zero attached hydrogens (tertiary/aromatic N) is 3. The molecule has 31 heavy (non-hydrogen) atoms. The van der Waals surface area contributed by atoms with Crippen LogP contribution in [0.25, 0.3) is 11.0 Å². The molecule has 1 aliphatic rings. The molecule has 1 atom stereocenters. The van der Waals surface area contributed by atoms with Crippen molar-refractivity contribution >= 4 is 16.9 Å². The molecule has 164 valence electrons. The van der Waals surface area contributed by atoms with Crippen LogP contribution in [0.1, 0.15) is 45.4 Å². The molecule has 1 fully saturated rings. The Morgan fingerprint density at radius 1 is 1.06 bits per heavy atom. The summed E-state index contributed by atoms with van der Waals surface area (Å²) in [5.41, 5.74) is 1.91. The van der Waals surface area contributed by atoms with E-state index in [-0.39, 0.29) is 17.4 Å². The van der Waals surface area contributed by atoms with Gasteiger partial charge in [-0.15, -0.1) is 0 Å². The Hall–Kier alpha value is -3.02. The van der Waals surface area contributed by atoms with Crippen molar-refractivity contribution in [2.45, 2.75) is 51.6 Å². The van der Waals surface area contributed by atoms with Crippen LogP contribution in [0.2, 0.25) is 0 Å². The van der Waals surface area contributed by atoms with E-state index in [2.05, 4.69) is 31.4 Å². The Bertz CT molecular complexity index is 1070. The maximum atomic E-state index is 12.7. The number of likely N-dealkylation sites (tertiary alicyclic amines) is 1. The van der Waals surface area contributed by atoms with Gasteiger partial charge in [0.2, 0.25) is 5.91 Å². The van der Waals surface area contributed by atoms with Crippen molar-refractivity contribution in [3.8, 4) is 11.5 Å². The van der Waals surface area contributed by atoms with Crippen LogP contribution in [0, 0.1) is 0 Å². The number of hydrogen-bond acceptors (Lipinski definition) is 4. The number of hydrogen-bond donors (Lipinski definition) is 0. The van der Waals surface area contributed by atoms with Gasteiger partial charge >= 0.3 is 0 Å². The molecular formula is C25H31N3O3. The van der Waals surface area contributed by atoms with Crippen molar-refractivity contribution in [3.63, 3.8) is 0 Å². The number of methoxy groups -OCH3 is 1. The minimum absolute atomic E-state index is 0.106. The molecule has 2 aromatic carbocycles. The number of ether oxygens (including phenoxy) is 2. The van der Waals surface area contributed by atoms with E-state index in [9.17, 15) is 4.79 Å². The number of amides is 1. The van der Waals surface area contributed by atoms with Crippen LogP contribution >= 0.6 is 0 Å². The number of fused-ring (bicyclic) bond motifs is 1. The molecule has 1 saturated heterocycles. The lowest BCUT2D eigenvalue weighted by Crippen LogP contribution is -2.42. The molecule has 3 aromatic rings. The summed E-state index contributed by atoms with van der Waals surface area (Å²) in [6, 6.07) is 15.9. The van der Waals surface area contributed by atoms with Crippen LogP contribution < -0.4 is 9.47 Å². The molecule has 0 aliphatic carbocycles. The number of benzene rings is 2. The minimum atomic E-state index is -0.175. The lowest BCUT2D eigenvalue weighted by molar-refractivity contribution is -0.131. The molecule has 1 aliphatic heterocycles. The van der Waals surface area contributed by atoms with E-state index in [1.165, 1.54) is 0 Å². The third-order valence-corrected chi connectivity index (χ3v) is 5.84. The van der Waals surface area contributed by atoms with Crippen LogP contribution in [-0.2, 0) is 11.3 Å². The maximum Gasteiger partial charge on any atom is 0.223 e. The van der Waals surface area contributed by atoms with E-state index < -0.39 is 0 Å². The Morgan fingerprint density at radius 3 is 2.48 bits per heavy atom. The second-order valence-electron chi connectivity index (χ2n) is 9.04. The number of aryl methyl sites for hydroxylation is 1. The van der Waals surface area contributed by atoms with Crippen LogP contribution in [0.15, 0.2) is 48.5 Å². The van der Waals surface area contributed by atoms with Gasteiger partial charge in [0.05, 0.1) is 24.8 Å². The molecule has 0 spiro atoms. The summed E-state index contributed by atoms with van der Waals surface area (Å²) < 4.78 is 13.6. The zero-order valence-electron chi connectivity index (χ0n) is 18.8. The number of para-hydroxylation sites is 4. The van der Waals surface area contributed by atoms with Crippen molar-refractivity contribution in [1.82, 2.24) is 14.5 Å². The van der Waals surface area contributed by atoms with Gasteiger partial charge in [0.15, 0.2) is 11.5 Å². The van der Waals surface area contributed by atoms with Crippen molar-refractivity contribution < 1.29 is 14.3 Å². The topological polar surface area (TPSA) is 56.6 Å². The van der Waals surface area contributed by atoms with Crippen molar-refractivity contribution in [2.24, 2.45) is 0 Å². The van der Waals surface area contributed by atoms with Crippen LogP contribution in [0.5, 0.6) is 11.5 Å². The van der Waals surface area contributed by atoms with Gasteiger partial charge < -0.3 is 18.9 Å². The second kappa shape index (κ2) is 8.61. The van der Waals surface area contributed by atoms with Gasteiger partial charge in [-0.3, -0.25) is 4.79 Å². The van der Waals surface area contributed by atoms with Crippen molar-refractivity contribution in [3.05, 3.63) is 54.4 Å². The Balaban J connectivity index is 1.51. The number of aromatic nitrogens is 2. The molecule has 1 aromatic heterocycles. The molecule has 0 radical (unpaired) electrons. The second-order valence-corrected chi connectivity index (χ2v) is 9.04. The largest absolute Gasteiger partial charge is 0.493 e. The van der Waals surface area contributed by atoms with Crippen LogP contribution in [-0.4, -0.2) is 46.2 Å². The van der Waals surface area contributed by atoms with Gasteiger partial charge in [-0.1, -0.05) is 24.3 Å². The predicted molar refractivity (Wildman–Crippen MR) is 122 cm³/mol. The van der Waals surface area contributed by atoms with Crippen molar-refractivity contribution in [1.29, 1.82) is 0 Å². The lowest BCUT2D eigenvalue weighted by Gasteiger charge is -2.32. The normalized spacial score (nSPS) is 16.8. The fraction of sp³-hybridized carbons (Fsp3) is 0.440. The van der Waals surface area contributed by atoms with Crippen LogP contribution in [0.4, 0.5) is 0 Å². The van der Waals surface area contributed by atoms with E-state index in [4.69, 9.17) is 14.5 Å². The maximum absolute atomic E-state index is 12.7. The molecule has 2 heterocycles. The Labute approximate surface area is 183 Å². The SMILES string of the molecule is COc1ccccc1OCCCn1c(C2CC(=O)N(C(C)(C)C)C2)nc2ccccc21. The first-order chi connectivity index (χ1) is 14.9. The van der Waals surface area contributed by atoms with Gasteiger partial charge in [0.1, 0.15) is 5.82 Å². The molecule has 0 N–H and O–H groups in total. The van der Waals surface area contributed by atoms with Gasteiger partial charge in [-0.2, -0.15) is 0 Å². The highest BCUT2D eigenvalue weighted by Crippen LogP contribution is 2.34. The van der Waals surface area contributed by atoms with E-state index >= 15 is 0 Å². The highest BCUT2D eigenvalue weighted by Gasteiger charge is 2.38. The average molecular weight is 422 g/mol. The summed E-state index contributed by atoms with van der Waals surface area (Å²) in [5.74, 6) is 2.80. The molecule has 0 saturated carbocycles. The third kappa shape index (κ3) is 4.38. The lowest BCUT2D eigenvalue weighted by atomic mass is 10.1. The molecule has 4 rings (SSSR count). The number of rotatable bonds is 7. The first-order valence-electron chi connectivity index (χ1n) is 10.9. The third-order valence-electron chi connectivity index (χ3n) is 5.84. The summed E-state index contributed by atoms with van der Waals surface area (Å²) in [4.78, 5) is 19.6. The molecular weight excluding hydrogens is 390 g/mol. The van der Waals surface area contributed by atoms with Crippen LogP contribution in [0.3, 0.4) is 0 Å². The summed E-state index contributed by atoms with van der Waals surface area (Å²) in [5, 5.41) is 0. The molecule has 0 bridgehead atoms. The monoisotopic (exact) mass is 421 g/mol. The Kier molecular flexibility index (Phi) is 5.90. The summed E-state index contributed by atoms with van der Waals surface area (Å²) in [6.45, 7) is 8.33. The Morgan fingerprint density at radius 2 is 1.77 bits per heavy atom. The molecule has 1 amide bonds. The summed E-state index contributed by atoms with van der Waals surface area (Å²) in [7, 11) is 1.65. The molecule has 6 nitrogen and oxygen atoms in total. The van der Waals surface area contributed by atoms with E-state index in [1.807, 2.05) is 47.4 Å². The zero-order valence-corrected chi connectivity index (χ0v) is 18.8. The zero-order chi connectivity index (χ0) is 22.0. The van der Waals surface area contributed by atoms with Crippen molar-refractivity contribution in [2.75, 3.05) is 20.3 Å². The van der Waals surface area contributed by atoms with E-state index in [0.717, 1.165) is 41.3 Å². The fourth-order valence-corrected chi connectivity index (χ4v) is 4.31. The standard InChI is InChI=1S/C25H31N3O3/c1-25(2,3)28-17-18(16-23(28)29)24-26-19-10-5-6-11-20(19)27(24)14-9-15-31-22-13-8-7-12-21(22)30-4/h5-8,10-13,18H,9,14-17H2,1-4H3. The molecule has 6 heteroatoms.